The molecule has 1 fully saturated rings. The highest BCUT2D eigenvalue weighted by molar-refractivity contribution is 5.88. The third kappa shape index (κ3) is 3.63. The molecule has 0 aromatic carbocycles. The summed E-state index contributed by atoms with van der Waals surface area (Å²) in [5.74, 6) is -0.803. The van der Waals surface area contributed by atoms with Gasteiger partial charge in [-0.3, -0.25) is 0 Å². The molecule has 0 aliphatic carbocycles. The van der Waals surface area contributed by atoms with E-state index in [1.807, 2.05) is 26.8 Å². The number of hydrogen-bond donors (Lipinski definition) is 1. The second-order valence-corrected chi connectivity index (χ2v) is 7.64. The summed E-state index contributed by atoms with van der Waals surface area (Å²) in [6, 6.07) is 1.90. The van der Waals surface area contributed by atoms with Crippen LogP contribution in [0.5, 0.6) is 0 Å². The topological polar surface area (TPSA) is 97.0 Å². The average molecular weight is 360 g/mol. The number of aromatic carboxylic acids is 1. The first kappa shape index (κ1) is 18.2. The number of likely N-dealkylation sites (tertiary alicyclic amines) is 1. The van der Waals surface area contributed by atoms with Gasteiger partial charge in [0.15, 0.2) is 5.65 Å². The molecule has 3 heterocycles. The zero-order chi connectivity index (χ0) is 19.1. The van der Waals surface area contributed by atoms with Gasteiger partial charge in [-0.1, -0.05) is 0 Å². The molecule has 1 saturated heterocycles. The maximum atomic E-state index is 12.2. The summed E-state index contributed by atoms with van der Waals surface area (Å²) in [4.78, 5) is 29.3. The fourth-order valence-corrected chi connectivity index (χ4v) is 3.16. The molecule has 1 N–H and O–H groups in total. The summed E-state index contributed by atoms with van der Waals surface area (Å²) < 4.78 is 7.00. The number of rotatable bonds is 2. The maximum Gasteiger partial charge on any atom is 0.410 e. The lowest BCUT2D eigenvalue weighted by Crippen LogP contribution is -2.41. The third-order valence-electron chi connectivity index (χ3n) is 4.54. The Bertz CT molecular complexity index is 845. The molecule has 0 spiro atoms. The van der Waals surface area contributed by atoms with E-state index >= 15 is 0 Å². The summed E-state index contributed by atoms with van der Waals surface area (Å²) in [6.07, 6.45) is 2.65. The average Bonchev–Trinajstić information content (AvgIpc) is 2.98. The van der Waals surface area contributed by atoms with Crippen molar-refractivity contribution in [3.63, 3.8) is 0 Å². The van der Waals surface area contributed by atoms with E-state index in [9.17, 15) is 14.7 Å². The first-order chi connectivity index (χ1) is 12.2. The fraction of sp³-hybridized carbons (Fsp3) is 0.556. The van der Waals surface area contributed by atoms with E-state index in [-0.39, 0.29) is 17.6 Å². The fourth-order valence-electron chi connectivity index (χ4n) is 3.16. The number of carbonyl (C=O) groups is 2. The Hall–Kier alpha value is -2.64. The van der Waals surface area contributed by atoms with Gasteiger partial charge in [-0.15, -0.1) is 0 Å². The predicted octanol–water partition coefficient (Wildman–Crippen LogP) is 2.85. The number of aryl methyl sites for hydroxylation is 1. The van der Waals surface area contributed by atoms with E-state index in [2.05, 4.69) is 10.1 Å². The van der Waals surface area contributed by atoms with Crippen molar-refractivity contribution in [2.45, 2.75) is 52.1 Å². The quantitative estimate of drug-likeness (QED) is 0.884. The van der Waals surface area contributed by atoms with Crippen LogP contribution in [0.1, 0.15) is 61.3 Å². The summed E-state index contributed by atoms with van der Waals surface area (Å²) in [7, 11) is 0. The lowest BCUT2D eigenvalue weighted by Gasteiger charge is -2.32. The predicted molar refractivity (Wildman–Crippen MR) is 94.5 cm³/mol. The van der Waals surface area contributed by atoms with E-state index in [1.165, 1.54) is 6.20 Å². The van der Waals surface area contributed by atoms with Crippen LogP contribution >= 0.6 is 0 Å². The van der Waals surface area contributed by atoms with Gasteiger partial charge < -0.3 is 14.7 Å². The summed E-state index contributed by atoms with van der Waals surface area (Å²) in [5, 5.41) is 13.8. The third-order valence-corrected chi connectivity index (χ3v) is 4.54. The Morgan fingerprint density at radius 2 is 1.92 bits per heavy atom. The molecule has 0 radical (unpaired) electrons. The highest BCUT2D eigenvalue weighted by atomic mass is 16.6. The molecule has 2 aromatic heterocycles. The first-order valence-electron chi connectivity index (χ1n) is 8.72. The minimum Gasteiger partial charge on any atom is -0.478 e. The molecule has 8 nitrogen and oxygen atoms in total. The normalized spacial score (nSPS) is 16.1. The van der Waals surface area contributed by atoms with Gasteiger partial charge in [-0.2, -0.15) is 5.10 Å². The molecule has 1 aliphatic rings. The van der Waals surface area contributed by atoms with Gasteiger partial charge >= 0.3 is 12.1 Å². The zero-order valence-corrected chi connectivity index (χ0v) is 15.5. The summed E-state index contributed by atoms with van der Waals surface area (Å²) in [5.41, 5.74) is 1.72. The second-order valence-electron chi connectivity index (χ2n) is 7.64. The van der Waals surface area contributed by atoms with Crippen LogP contribution in [0, 0.1) is 6.92 Å². The van der Waals surface area contributed by atoms with E-state index in [4.69, 9.17) is 4.74 Å². The number of carboxylic acids is 1. The first-order valence-corrected chi connectivity index (χ1v) is 8.72. The SMILES string of the molecule is Cc1c(C(=O)O)cnc2cc(C3CCN(C(=O)OC(C)(C)C)CC3)nn12. The smallest absolute Gasteiger partial charge is 0.410 e. The molecule has 140 valence electrons. The monoisotopic (exact) mass is 360 g/mol. The van der Waals surface area contributed by atoms with Crippen molar-refractivity contribution in [3.05, 3.63) is 29.2 Å². The van der Waals surface area contributed by atoms with Crippen molar-refractivity contribution in [3.8, 4) is 0 Å². The van der Waals surface area contributed by atoms with Crippen molar-refractivity contribution in [1.82, 2.24) is 19.5 Å². The van der Waals surface area contributed by atoms with Gasteiger partial charge in [0.1, 0.15) is 5.60 Å². The molecule has 0 unspecified atom stereocenters. The number of amides is 1. The van der Waals surface area contributed by atoms with E-state index < -0.39 is 11.6 Å². The molecule has 0 bridgehead atoms. The lowest BCUT2D eigenvalue weighted by atomic mass is 9.94. The minimum absolute atomic E-state index is 0.145. The Balaban J connectivity index is 1.73. The number of nitrogens with zero attached hydrogens (tertiary/aromatic N) is 4. The molecule has 0 saturated carbocycles. The van der Waals surface area contributed by atoms with E-state index in [0.717, 1.165) is 18.5 Å². The van der Waals surface area contributed by atoms with E-state index in [0.29, 0.717) is 24.4 Å². The van der Waals surface area contributed by atoms with Crippen molar-refractivity contribution < 1.29 is 19.4 Å². The number of fused-ring (bicyclic) bond motifs is 1. The van der Waals surface area contributed by atoms with Crippen LogP contribution in [-0.4, -0.2) is 55.4 Å². The number of piperidine rings is 1. The van der Waals surface area contributed by atoms with Crippen LogP contribution in [0.15, 0.2) is 12.3 Å². The molecule has 3 rings (SSSR count). The minimum atomic E-state index is -1.01. The van der Waals surface area contributed by atoms with Crippen molar-refractivity contribution in [2.75, 3.05) is 13.1 Å². The molecule has 8 heteroatoms. The molecule has 1 aliphatic heterocycles. The van der Waals surface area contributed by atoms with E-state index in [1.54, 1.807) is 16.3 Å². The van der Waals surface area contributed by atoms with Crippen molar-refractivity contribution >= 4 is 17.7 Å². The highest BCUT2D eigenvalue weighted by Gasteiger charge is 2.29. The zero-order valence-electron chi connectivity index (χ0n) is 15.5. The molecule has 26 heavy (non-hydrogen) atoms. The number of carbonyl (C=O) groups excluding carboxylic acids is 1. The van der Waals surface area contributed by atoms with Gasteiger partial charge in [-0.25, -0.2) is 19.1 Å². The Morgan fingerprint density at radius 1 is 1.27 bits per heavy atom. The van der Waals surface area contributed by atoms with Crippen LogP contribution in [0.3, 0.4) is 0 Å². The van der Waals surface area contributed by atoms with Crippen LogP contribution in [0.2, 0.25) is 0 Å². The van der Waals surface area contributed by atoms with Gasteiger partial charge in [0, 0.05) is 31.3 Å². The number of ether oxygens (including phenoxy) is 1. The highest BCUT2D eigenvalue weighted by Crippen LogP contribution is 2.28. The maximum absolute atomic E-state index is 12.2. The van der Waals surface area contributed by atoms with Crippen LogP contribution in [0.25, 0.3) is 5.65 Å². The van der Waals surface area contributed by atoms with Gasteiger partial charge in [-0.05, 0) is 40.5 Å². The summed E-state index contributed by atoms with van der Waals surface area (Å²) >= 11 is 0. The van der Waals surface area contributed by atoms with Gasteiger partial charge in [0.25, 0.3) is 0 Å². The largest absolute Gasteiger partial charge is 0.478 e. The number of hydrogen-bond acceptors (Lipinski definition) is 5. The molecular formula is C18H24N4O4. The number of aromatic nitrogens is 3. The Morgan fingerprint density at radius 3 is 2.50 bits per heavy atom. The van der Waals surface area contributed by atoms with Crippen LogP contribution in [-0.2, 0) is 4.74 Å². The number of carboxylic acid groups (broad SMARTS) is 1. The standard InChI is InChI=1S/C18H24N4O4/c1-11-13(16(23)24)10-19-15-9-14(20-22(11)15)12-5-7-21(8-6-12)17(25)26-18(2,3)4/h9-10,12H,5-8H2,1-4H3,(H,23,24). The van der Waals surface area contributed by atoms with Crippen molar-refractivity contribution in [2.24, 2.45) is 0 Å². The molecule has 0 atom stereocenters. The van der Waals surface area contributed by atoms with Gasteiger partial charge in [0.2, 0.25) is 0 Å². The molecular weight excluding hydrogens is 336 g/mol. The Kier molecular flexibility index (Phi) is 4.60. The lowest BCUT2D eigenvalue weighted by molar-refractivity contribution is 0.0204. The second kappa shape index (κ2) is 6.59. The van der Waals surface area contributed by atoms with Crippen molar-refractivity contribution in [1.29, 1.82) is 0 Å². The van der Waals surface area contributed by atoms with Crippen LogP contribution < -0.4 is 0 Å². The van der Waals surface area contributed by atoms with Gasteiger partial charge in [0.05, 0.1) is 17.0 Å². The van der Waals surface area contributed by atoms with Crippen LogP contribution in [0.4, 0.5) is 4.79 Å². The summed E-state index contributed by atoms with van der Waals surface area (Å²) in [6.45, 7) is 8.51. The molecule has 1 amide bonds. The Labute approximate surface area is 151 Å². The molecule has 2 aromatic rings.